The number of likely N-dealkylation sites (N-methyl/N-ethyl adjacent to an activating group) is 1. The first-order valence-electron chi connectivity index (χ1n) is 6.89. The van der Waals surface area contributed by atoms with Crippen molar-refractivity contribution in [1.82, 2.24) is 10.2 Å². The molecule has 0 aliphatic carbocycles. The Bertz CT molecular complexity index is 366. The summed E-state index contributed by atoms with van der Waals surface area (Å²) in [6.07, 6.45) is 0.668. The molecule has 0 aromatic heterocycles. The van der Waals surface area contributed by atoms with Crippen LogP contribution in [-0.2, 0) is 11.2 Å². The number of rotatable bonds is 8. The van der Waals surface area contributed by atoms with Gasteiger partial charge in [-0.05, 0) is 25.1 Å². The maximum Gasteiger partial charge on any atom is 0.233 e. The highest BCUT2D eigenvalue weighted by Gasteiger charge is 2.13. The molecule has 1 atom stereocenters. The van der Waals surface area contributed by atoms with Crippen LogP contribution in [0.2, 0.25) is 0 Å². The molecule has 1 aromatic rings. The van der Waals surface area contributed by atoms with Crippen molar-refractivity contribution in [1.29, 1.82) is 0 Å². The minimum absolute atomic E-state index is 0.0133. The van der Waals surface area contributed by atoms with Crippen LogP contribution in [0.15, 0.2) is 30.3 Å². The highest BCUT2D eigenvalue weighted by atomic mass is 32.1. The summed E-state index contributed by atoms with van der Waals surface area (Å²) in [6.45, 7) is 7.86. The van der Waals surface area contributed by atoms with E-state index in [2.05, 4.69) is 36.7 Å². The first-order chi connectivity index (χ1) is 9.17. The number of carbonyl (C=O) groups excluding carboxylic acids is 1. The van der Waals surface area contributed by atoms with Crippen molar-refractivity contribution in [2.75, 3.05) is 26.2 Å². The van der Waals surface area contributed by atoms with E-state index in [1.54, 1.807) is 0 Å². The van der Waals surface area contributed by atoms with E-state index in [0.717, 1.165) is 25.2 Å². The standard InChI is InChI=1S/C15H24N2OS/c1-3-17(4-2)11-10-16-15(18)14(19)12-13-8-6-5-7-9-13/h5-9,14,19H,3-4,10-12H2,1-2H3,(H,16,18). The van der Waals surface area contributed by atoms with Crippen LogP contribution in [-0.4, -0.2) is 42.2 Å². The molecule has 0 saturated heterocycles. The van der Waals surface area contributed by atoms with E-state index < -0.39 is 0 Å². The van der Waals surface area contributed by atoms with Gasteiger partial charge in [-0.25, -0.2) is 0 Å². The van der Waals surface area contributed by atoms with Gasteiger partial charge in [-0.15, -0.1) is 0 Å². The summed E-state index contributed by atoms with van der Waals surface area (Å²) in [6, 6.07) is 9.97. The average Bonchev–Trinajstić information content (AvgIpc) is 2.44. The summed E-state index contributed by atoms with van der Waals surface area (Å²) in [7, 11) is 0. The van der Waals surface area contributed by atoms with Crippen LogP contribution in [0.4, 0.5) is 0 Å². The zero-order valence-electron chi connectivity index (χ0n) is 11.8. The smallest absolute Gasteiger partial charge is 0.233 e. The topological polar surface area (TPSA) is 32.3 Å². The molecule has 1 amide bonds. The molecule has 1 N–H and O–H groups in total. The molecule has 0 fully saturated rings. The number of nitrogens with zero attached hydrogens (tertiary/aromatic N) is 1. The minimum Gasteiger partial charge on any atom is -0.354 e. The normalized spacial score (nSPS) is 12.4. The molecule has 0 aliphatic rings. The molecule has 19 heavy (non-hydrogen) atoms. The van der Waals surface area contributed by atoms with Crippen molar-refractivity contribution < 1.29 is 4.79 Å². The second-order valence-corrected chi connectivity index (χ2v) is 5.15. The summed E-state index contributed by atoms with van der Waals surface area (Å²) < 4.78 is 0. The second kappa shape index (κ2) is 8.99. The SMILES string of the molecule is CCN(CC)CCNC(=O)C(S)Cc1ccccc1. The number of thiol groups is 1. The van der Waals surface area contributed by atoms with Gasteiger partial charge in [0.15, 0.2) is 0 Å². The number of amides is 1. The van der Waals surface area contributed by atoms with Gasteiger partial charge in [-0.2, -0.15) is 12.6 Å². The van der Waals surface area contributed by atoms with E-state index in [4.69, 9.17) is 0 Å². The van der Waals surface area contributed by atoms with Crippen molar-refractivity contribution >= 4 is 18.5 Å². The van der Waals surface area contributed by atoms with Crippen LogP contribution < -0.4 is 5.32 Å². The van der Waals surface area contributed by atoms with Crippen LogP contribution >= 0.6 is 12.6 Å². The van der Waals surface area contributed by atoms with Crippen molar-refractivity contribution in [2.24, 2.45) is 0 Å². The molecule has 0 heterocycles. The Morgan fingerprint density at radius 1 is 1.26 bits per heavy atom. The van der Waals surface area contributed by atoms with Gasteiger partial charge in [-0.3, -0.25) is 4.79 Å². The van der Waals surface area contributed by atoms with Crippen LogP contribution in [0.25, 0.3) is 0 Å². The fourth-order valence-corrected chi connectivity index (χ4v) is 2.23. The number of carbonyl (C=O) groups is 1. The lowest BCUT2D eigenvalue weighted by atomic mass is 10.1. The highest BCUT2D eigenvalue weighted by Crippen LogP contribution is 2.07. The Hall–Kier alpha value is -1.00. The van der Waals surface area contributed by atoms with Gasteiger partial charge in [0.1, 0.15) is 0 Å². The Morgan fingerprint density at radius 2 is 1.89 bits per heavy atom. The highest BCUT2D eigenvalue weighted by molar-refractivity contribution is 7.81. The van der Waals surface area contributed by atoms with Crippen molar-refractivity contribution in [3.63, 3.8) is 0 Å². The van der Waals surface area contributed by atoms with Gasteiger partial charge in [0.2, 0.25) is 5.91 Å². The van der Waals surface area contributed by atoms with Gasteiger partial charge >= 0.3 is 0 Å². The number of benzene rings is 1. The first-order valence-corrected chi connectivity index (χ1v) is 7.41. The van der Waals surface area contributed by atoms with Crippen molar-refractivity contribution in [2.45, 2.75) is 25.5 Å². The first kappa shape index (κ1) is 16.1. The maximum atomic E-state index is 11.9. The van der Waals surface area contributed by atoms with E-state index in [-0.39, 0.29) is 11.2 Å². The Morgan fingerprint density at radius 3 is 2.47 bits per heavy atom. The summed E-state index contributed by atoms with van der Waals surface area (Å²) in [5, 5.41) is 2.67. The zero-order chi connectivity index (χ0) is 14.1. The lowest BCUT2D eigenvalue weighted by Gasteiger charge is -2.19. The molecule has 0 spiro atoms. The third-order valence-corrected chi connectivity index (χ3v) is 3.61. The molecular weight excluding hydrogens is 256 g/mol. The van der Waals surface area contributed by atoms with E-state index in [1.165, 1.54) is 0 Å². The molecule has 1 unspecified atom stereocenters. The van der Waals surface area contributed by atoms with Gasteiger partial charge in [0.25, 0.3) is 0 Å². The van der Waals surface area contributed by atoms with Gasteiger partial charge in [0, 0.05) is 13.1 Å². The molecule has 1 aromatic carbocycles. The molecule has 106 valence electrons. The lowest BCUT2D eigenvalue weighted by Crippen LogP contribution is -2.38. The molecule has 0 aliphatic heterocycles. The van der Waals surface area contributed by atoms with Crippen molar-refractivity contribution in [3.05, 3.63) is 35.9 Å². The zero-order valence-corrected chi connectivity index (χ0v) is 12.7. The summed E-state index contributed by atoms with van der Waals surface area (Å²) in [4.78, 5) is 14.2. The molecule has 1 rings (SSSR count). The Kier molecular flexibility index (Phi) is 7.60. The van der Waals surface area contributed by atoms with Crippen LogP contribution in [0.3, 0.4) is 0 Å². The maximum absolute atomic E-state index is 11.9. The van der Waals surface area contributed by atoms with E-state index in [1.807, 2.05) is 30.3 Å². The molecule has 4 heteroatoms. The molecule has 3 nitrogen and oxygen atoms in total. The Balaban J connectivity index is 2.29. The number of hydrogen-bond acceptors (Lipinski definition) is 3. The Labute approximate surface area is 121 Å². The lowest BCUT2D eigenvalue weighted by molar-refractivity contribution is -0.120. The quantitative estimate of drug-likeness (QED) is 0.714. The monoisotopic (exact) mass is 280 g/mol. The van der Waals surface area contributed by atoms with Crippen LogP contribution in [0, 0.1) is 0 Å². The van der Waals surface area contributed by atoms with E-state index >= 15 is 0 Å². The third-order valence-electron chi connectivity index (χ3n) is 3.20. The molecule has 0 radical (unpaired) electrons. The molecular formula is C15H24N2OS. The van der Waals surface area contributed by atoms with E-state index in [0.29, 0.717) is 13.0 Å². The van der Waals surface area contributed by atoms with Crippen LogP contribution in [0.5, 0.6) is 0 Å². The summed E-state index contributed by atoms with van der Waals surface area (Å²) >= 11 is 4.38. The average molecular weight is 280 g/mol. The minimum atomic E-state index is -0.279. The summed E-state index contributed by atoms with van der Waals surface area (Å²) in [5.41, 5.74) is 1.14. The number of hydrogen-bond donors (Lipinski definition) is 2. The second-order valence-electron chi connectivity index (χ2n) is 4.52. The van der Waals surface area contributed by atoms with Crippen molar-refractivity contribution in [3.8, 4) is 0 Å². The predicted molar refractivity (Wildman–Crippen MR) is 83.7 cm³/mol. The molecule has 0 saturated carbocycles. The fraction of sp³-hybridized carbons (Fsp3) is 0.533. The predicted octanol–water partition coefficient (Wildman–Crippen LogP) is 1.99. The number of nitrogens with one attached hydrogen (secondary N) is 1. The fourth-order valence-electron chi connectivity index (χ4n) is 1.92. The van der Waals surface area contributed by atoms with Crippen LogP contribution in [0.1, 0.15) is 19.4 Å². The van der Waals surface area contributed by atoms with Gasteiger partial charge < -0.3 is 10.2 Å². The largest absolute Gasteiger partial charge is 0.354 e. The third kappa shape index (κ3) is 6.12. The summed E-state index contributed by atoms with van der Waals surface area (Å²) in [5.74, 6) is 0.0133. The van der Waals surface area contributed by atoms with Gasteiger partial charge in [0.05, 0.1) is 5.25 Å². The van der Waals surface area contributed by atoms with E-state index in [9.17, 15) is 4.79 Å². The van der Waals surface area contributed by atoms with Gasteiger partial charge in [-0.1, -0.05) is 44.2 Å². The molecule has 0 bridgehead atoms.